The summed E-state index contributed by atoms with van der Waals surface area (Å²) in [6.45, 7) is 0.444. The highest BCUT2D eigenvalue weighted by molar-refractivity contribution is 5.75. The summed E-state index contributed by atoms with van der Waals surface area (Å²) in [5, 5.41) is 3.18. The van der Waals surface area contributed by atoms with Gasteiger partial charge >= 0.3 is 18.5 Å². The van der Waals surface area contributed by atoms with Crippen LogP contribution in [0, 0.1) is 5.92 Å². The first-order valence-electron chi connectivity index (χ1n) is 11.1. The number of anilines is 1. The molecule has 2 atom stereocenters. The van der Waals surface area contributed by atoms with Crippen molar-refractivity contribution >= 4 is 11.6 Å². The molecule has 0 saturated heterocycles. The van der Waals surface area contributed by atoms with Crippen LogP contribution in [0.25, 0.3) is 0 Å². The van der Waals surface area contributed by atoms with E-state index in [4.69, 9.17) is 0 Å². The fourth-order valence-corrected chi connectivity index (χ4v) is 4.62. The summed E-state index contributed by atoms with van der Waals surface area (Å²) < 4.78 is 120. The number of fused-ring (bicyclic) bond motifs is 1. The third-order valence-corrected chi connectivity index (χ3v) is 6.53. The maximum Gasteiger partial charge on any atom is 0.416 e. The van der Waals surface area contributed by atoms with Crippen LogP contribution in [-0.2, 0) is 29.9 Å². The lowest BCUT2D eigenvalue weighted by atomic mass is 9.88. The Hall–Kier alpha value is -2.92. The minimum atomic E-state index is -5.07. The van der Waals surface area contributed by atoms with Gasteiger partial charge < -0.3 is 10.2 Å². The summed E-state index contributed by atoms with van der Waals surface area (Å²) in [7, 11) is 0. The van der Waals surface area contributed by atoms with E-state index < -0.39 is 59.3 Å². The lowest BCUT2D eigenvalue weighted by Crippen LogP contribution is -2.40. The summed E-state index contributed by atoms with van der Waals surface area (Å²) >= 11 is 0. The molecule has 1 aliphatic heterocycles. The number of alkyl halides is 9. The second-order valence-electron chi connectivity index (χ2n) is 9.20. The fourth-order valence-electron chi connectivity index (χ4n) is 4.62. The molecule has 2 aromatic rings. The molecule has 1 aliphatic carbocycles. The van der Waals surface area contributed by atoms with Crippen LogP contribution >= 0.6 is 0 Å². The molecule has 196 valence electrons. The smallest absolute Gasteiger partial charge is 0.382 e. The molecule has 2 aromatic carbocycles. The fraction of sp³-hybridized carbons (Fsp3) is 0.458. The van der Waals surface area contributed by atoms with Crippen molar-refractivity contribution in [3.63, 3.8) is 0 Å². The Labute approximate surface area is 200 Å². The monoisotopic (exact) mass is 524 g/mol. The quantitative estimate of drug-likeness (QED) is 0.422. The maximum absolute atomic E-state index is 13.4. The highest BCUT2D eigenvalue weighted by Crippen LogP contribution is 2.47. The molecule has 2 aliphatic rings. The molecular weight excluding hydrogens is 503 g/mol. The molecule has 0 unspecified atom stereocenters. The van der Waals surface area contributed by atoms with Crippen LogP contribution in [-0.4, -0.2) is 16.8 Å². The number of carbonyl (C=O) groups is 1. The first kappa shape index (κ1) is 26.2. The summed E-state index contributed by atoms with van der Waals surface area (Å²) in [6.07, 6.45) is -12.9. The molecular formula is C24H21F9N2O. The number of nitrogens with zero attached hydrogens (tertiary/aromatic N) is 1. The highest BCUT2D eigenvalue weighted by atomic mass is 19.4. The van der Waals surface area contributed by atoms with Crippen molar-refractivity contribution in [1.82, 2.24) is 4.90 Å². The summed E-state index contributed by atoms with van der Waals surface area (Å²) in [6, 6.07) is 2.86. The highest BCUT2D eigenvalue weighted by Gasteiger charge is 2.42. The number of rotatable bonds is 4. The van der Waals surface area contributed by atoms with E-state index in [1.165, 1.54) is 6.07 Å². The van der Waals surface area contributed by atoms with Crippen LogP contribution in [0.5, 0.6) is 0 Å². The molecule has 1 N–H and O–H groups in total. The van der Waals surface area contributed by atoms with E-state index in [0.29, 0.717) is 17.8 Å². The summed E-state index contributed by atoms with van der Waals surface area (Å²) in [5.41, 5.74) is -4.00. The standard InChI is InChI=1S/C24H21F9N2O/c1-12(36)35(11-13-6-16(23(28,29)30)8-17(7-13)24(31,32)33)21-10-20(14-2-3-14)34-19-5-4-15(9-18(19)21)22(25,26)27/h4-9,14,20-21,34H,2-3,10-11H2,1H3/t20-,21-/m0/s1. The zero-order chi connectivity index (χ0) is 26.6. The maximum atomic E-state index is 13.4. The molecule has 3 nitrogen and oxygen atoms in total. The molecule has 12 heteroatoms. The topological polar surface area (TPSA) is 32.3 Å². The zero-order valence-corrected chi connectivity index (χ0v) is 18.8. The van der Waals surface area contributed by atoms with Gasteiger partial charge in [0.2, 0.25) is 5.91 Å². The molecule has 0 spiro atoms. The lowest BCUT2D eigenvalue weighted by Gasteiger charge is -2.40. The van der Waals surface area contributed by atoms with Crippen molar-refractivity contribution in [3.8, 4) is 0 Å². The van der Waals surface area contributed by atoms with E-state index >= 15 is 0 Å². The van der Waals surface area contributed by atoms with Crippen LogP contribution < -0.4 is 5.32 Å². The van der Waals surface area contributed by atoms with Crippen molar-refractivity contribution in [1.29, 1.82) is 0 Å². The number of amides is 1. The van der Waals surface area contributed by atoms with E-state index in [2.05, 4.69) is 5.32 Å². The van der Waals surface area contributed by atoms with Crippen LogP contribution in [0.2, 0.25) is 0 Å². The van der Waals surface area contributed by atoms with Crippen LogP contribution in [0.1, 0.15) is 60.0 Å². The van der Waals surface area contributed by atoms with E-state index in [1.807, 2.05) is 0 Å². The van der Waals surface area contributed by atoms with E-state index in [-0.39, 0.29) is 30.0 Å². The predicted octanol–water partition coefficient (Wildman–Crippen LogP) is 7.43. The average molecular weight is 524 g/mol. The van der Waals surface area contributed by atoms with Crippen molar-refractivity contribution in [2.45, 2.75) is 63.3 Å². The second-order valence-corrected chi connectivity index (χ2v) is 9.20. The third-order valence-electron chi connectivity index (χ3n) is 6.53. The summed E-state index contributed by atoms with van der Waals surface area (Å²) in [4.78, 5) is 13.7. The average Bonchev–Trinajstić information content (AvgIpc) is 3.59. The molecule has 0 radical (unpaired) electrons. The van der Waals surface area contributed by atoms with Gasteiger partial charge in [0.15, 0.2) is 0 Å². The van der Waals surface area contributed by atoms with Crippen LogP contribution in [0.3, 0.4) is 0 Å². The van der Waals surface area contributed by atoms with Crippen molar-refractivity contribution < 1.29 is 44.3 Å². The van der Waals surface area contributed by atoms with Gasteiger partial charge in [0.1, 0.15) is 0 Å². The first-order chi connectivity index (χ1) is 16.5. The van der Waals surface area contributed by atoms with Gasteiger partial charge in [-0.1, -0.05) is 0 Å². The van der Waals surface area contributed by atoms with Crippen molar-refractivity contribution in [2.75, 3.05) is 5.32 Å². The molecule has 36 heavy (non-hydrogen) atoms. The number of hydrogen-bond donors (Lipinski definition) is 1. The van der Waals surface area contributed by atoms with Gasteiger partial charge in [0.05, 0.1) is 22.7 Å². The van der Waals surface area contributed by atoms with Gasteiger partial charge in [-0.2, -0.15) is 39.5 Å². The Morgan fingerprint density at radius 1 is 0.861 bits per heavy atom. The van der Waals surface area contributed by atoms with Crippen molar-refractivity contribution in [2.24, 2.45) is 5.92 Å². The van der Waals surface area contributed by atoms with Gasteiger partial charge in [-0.25, -0.2) is 0 Å². The number of hydrogen-bond acceptors (Lipinski definition) is 2. The Bertz CT molecular complexity index is 1120. The minimum Gasteiger partial charge on any atom is -0.382 e. The molecule has 1 fully saturated rings. The van der Waals surface area contributed by atoms with E-state index in [9.17, 15) is 44.3 Å². The molecule has 1 amide bonds. The van der Waals surface area contributed by atoms with Gasteiger partial charge in [-0.05, 0) is 72.7 Å². The lowest BCUT2D eigenvalue weighted by molar-refractivity contribution is -0.143. The summed E-state index contributed by atoms with van der Waals surface area (Å²) in [5.74, 6) is -0.479. The van der Waals surface area contributed by atoms with Gasteiger partial charge in [-0.15, -0.1) is 0 Å². The van der Waals surface area contributed by atoms with E-state index in [1.54, 1.807) is 0 Å². The Kier molecular flexibility index (Phi) is 6.45. The Morgan fingerprint density at radius 3 is 1.89 bits per heavy atom. The minimum absolute atomic E-state index is 0.0137. The zero-order valence-electron chi connectivity index (χ0n) is 18.8. The first-order valence-corrected chi connectivity index (χ1v) is 11.1. The molecule has 0 aromatic heterocycles. The molecule has 4 rings (SSSR count). The normalized spacial score (nSPS) is 20.5. The van der Waals surface area contributed by atoms with Crippen molar-refractivity contribution in [3.05, 3.63) is 64.2 Å². The Morgan fingerprint density at radius 2 is 1.42 bits per heavy atom. The molecule has 0 bridgehead atoms. The Balaban J connectivity index is 1.78. The second kappa shape index (κ2) is 8.88. The third kappa shape index (κ3) is 5.57. The largest absolute Gasteiger partial charge is 0.416 e. The van der Waals surface area contributed by atoms with Crippen LogP contribution in [0.15, 0.2) is 36.4 Å². The van der Waals surface area contributed by atoms with Gasteiger partial charge in [0.25, 0.3) is 0 Å². The number of halogens is 9. The van der Waals surface area contributed by atoms with Crippen LogP contribution in [0.4, 0.5) is 45.2 Å². The van der Waals surface area contributed by atoms with Gasteiger partial charge in [-0.3, -0.25) is 4.79 Å². The predicted molar refractivity (Wildman–Crippen MR) is 112 cm³/mol. The molecule has 1 heterocycles. The SMILES string of the molecule is CC(=O)N(Cc1cc(C(F)(F)F)cc(C(F)(F)F)c1)[C@H]1C[C@@H](C2CC2)Nc2ccc(C(F)(F)F)cc21. The van der Waals surface area contributed by atoms with E-state index in [0.717, 1.165) is 36.8 Å². The number of nitrogens with one attached hydrogen (secondary N) is 1. The van der Waals surface area contributed by atoms with Gasteiger partial charge in [0, 0.05) is 25.2 Å². The number of benzene rings is 2. The number of carbonyl (C=O) groups excluding carboxylic acids is 1. The molecule has 1 saturated carbocycles.